The van der Waals surface area contributed by atoms with Crippen LogP contribution >= 0.6 is 0 Å². The molecule has 0 aromatic heterocycles. The summed E-state index contributed by atoms with van der Waals surface area (Å²) in [6.45, 7) is 3.35. The number of hydrogen-bond donors (Lipinski definition) is 0. The number of rotatable bonds is 5. The molecule has 3 atom stereocenters. The zero-order valence-electron chi connectivity index (χ0n) is 23.4. The van der Waals surface area contributed by atoms with Crippen LogP contribution < -0.4 is 0 Å². The molecular formula is C30H35F5N2O3S. The number of amides is 1. The van der Waals surface area contributed by atoms with E-state index >= 15 is 0 Å². The minimum atomic E-state index is -5.07. The number of carbonyl (C=O) groups excluding carboxylic acids is 1. The van der Waals surface area contributed by atoms with E-state index < -0.39 is 38.3 Å². The molecule has 2 aromatic carbocycles. The molecule has 5 rings (SSSR count). The van der Waals surface area contributed by atoms with Gasteiger partial charge in [0, 0.05) is 36.5 Å². The van der Waals surface area contributed by atoms with Crippen molar-refractivity contribution >= 4 is 15.9 Å². The third-order valence-electron chi connectivity index (χ3n) is 9.72. The highest BCUT2D eigenvalue weighted by molar-refractivity contribution is 7.88. The monoisotopic (exact) mass is 598 g/mol. The van der Waals surface area contributed by atoms with Gasteiger partial charge in [0.2, 0.25) is 21.6 Å². The number of alkyl halides is 4. The SMILES string of the molecule is CC1(C(=O)N2CC[C@@]3(Cc4ccc(F)cc4)c4ccc(C(C)(F)C(F)(F)F)cc4CC[C@@H]23)CCN(S(C)(=O)=O)CC1. The molecule has 0 spiro atoms. The number of nitrogens with zero attached hydrogens (tertiary/aromatic N) is 2. The standard InChI is InChI=1S/C30H35F5N2O3S/c1-27(12-15-36(16-13-27)41(3,39)40)26(38)37-17-14-29(19-20-4-8-23(31)9-5-20)24-10-7-22(28(2,32)30(33,34)35)18-21(24)6-11-25(29)37/h4-5,7-10,18,25H,6,11-17,19H2,1-3H3/t25-,28?,29-/m1/s1. The predicted octanol–water partition coefficient (Wildman–Crippen LogP) is 5.66. The number of hydrogen-bond acceptors (Lipinski definition) is 3. The van der Waals surface area contributed by atoms with Crippen molar-refractivity contribution < 1.29 is 35.2 Å². The van der Waals surface area contributed by atoms with Crippen LogP contribution in [0.4, 0.5) is 22.0 Å². The van der Waals surface area contributed by atoms with Crippen molar-refractivity contribution in [3.05, 3.63) is 70.5 Å². The zero-order chi connectivity index (χ0) is 30.0. The average molecular weight is 599 g/mol. The molecule has 1 unspecified atom stereocenters. The molecule has 11 heteroatoms. The van der Waals surface area contributed by atoms with Gasteiger partial charge >= 0.3 is 6.18 Å². The Labute approximate surface area is 237 Å². The summed E-state index contributed by atoms with van der Waals surface area (Å²) in [5.74, 6) is -0.437. The maximum atomic E-state index is 14.9. The maximum Gasteiger partial charge on any atom is 0.426 e. The topological polar surface area (TPSA) is 57.7 Å². The minimum Gasteiger partial charge on any atom is -0.338 e. The van der Waals surface area contributed by atoms with Gasteiger partial charge in [0.05, 0.1) is 6.26 Å². The van der Waals surface area contributed by atoms with E-state index in [1.165, 1.54) is 28.6 Å². The Hall–Kier alpha value is -2.53. The predicted molar refractivity (Wildman–Crippen MR) is 145 cm³/mol. The number of fused-ring (bicyclic) bond motifs is 3. The second kappa shape index (κ2) is 10.0. The van der Waals surface area contributed by atoms with Crippen molar-refractivity contribution in [2.45, 2.75) is 75.7 Å². The summed E-state index contributed by atoms with van der Waals surface area (Å²) in [6.07, 6.45) is -1.27. The number of aryl methyl sites for hydroxylation is 1. The number of carbonyl (C=O) groups is 1. The van der Waals surface area contributed by atoms with Crippen molar-refractivity contribution in [1.82, 2.24) is 9.21 Å². The van der Waals surface area contributed by atoms with Crippen LogP contribution in [0.3, 0.4) is 0 Å². The Morgan fingerprint density at radius 1 is 1.00 bits per heavy atom. The Bertz CT molecular complexity index is 1430. The van der Waals surface area contributed by atoms with Crippen LogP contribution in [0.15, 0.2) is 42.5 Å². The Balaban J connectivity index is 1.51. The summed E-state index contributed by atoms with van der Waals surface area (Å²) >= 11 is 0. The van der Waals surface area contributed by atoms with Crippen molar-refractivity contribution in [1.29, 1.82) is 0 Å². The first-order valence-corrected chi connectivity index (χ1v) is 15.7. The molecule has 0 radical (unpaired) electrons. The Morgan fingerprint density at radius 3 is 2.22 bits per heavy atom. The summed E-state index contributed by atoms with van der Waals surface area (Å²) in [7, 11) is -3.36. The molecule has 2 heterocycles. The lowest BCUT2D eigenvalue weighted by Gasteiger charge is -2.46. The van der Waals surface area contributed by atoms with Gasteiger partial charge in [-0.25, -0.2) is 21.5 Å². The van der Waals surface area contributed by atoms with Crippen molar-refractivity contribution in [3.8, 4) is 0 Å². The van der Waals surface area contributed by atoms with Crippen molar-refractivity contribution in [3.63, 3.8) is 0 Å². The summed E-state index contributed by atoms with van der Waals surface area (Å²) < 4.78 is 94.6. The van der Waals surface area contributed by atoms with Crippen LogP contribution in [0.25, 0.3) is 0 Å². The third kappa shape index (κ3) is 5.17. The fourth-order valence-electron chi connectivity index (χ4n) is 7.10. The van der Waals surface area contributed by atoms with Crippen LogP contribution in [0.1, 0.15) is 61.8 Å². The molecular weight excluding hydrogens is 563 g/mol. The van der Waals surface area contributed by atoms with E-state index in [9.17, 15) is 35.2 Å². The van der Waals surface area contributed by atoms with Gasteiger partial charge in [0.1, 0.15) is 5.82 Å². The third-order valence-corrected chi connectivity index (χ3v) is 11.0. The summed E-state index contributed by atoms with van der Waals surface area (Å²) in [5, 5.41) is 0. The van der Waals surface area contributed by atoms with E-state index in [1.807, 2.05) is 11.8 Å². The molecule has 5 nitrogen and oxygen atoms in total. The fraction of sp³-hybridized carbons (Fsp3) is 0.567. The molecule has 3 aliphatic rings. The van der Waals surface area contributed by atoms with E-state index in [4.69, 9.17) is 0 Å². The van der Waals surface area contributed by atoms with E-state index in [2.05, 4.69) is 0 Å². The lowest BCUT2D eigenvalue weighted by Crippen LogP contribution is -2.54. The highest BCUT2D eigenvalue weighted by Crippen LogP contribution is 2.52. The van der Waals surface area contributed by atoms with Gasteiger partial charge < -0.3 is 4.90 Å². The molecule has 224 valence electrons. The van der Waals surface area contributed by atoms with E-state index in [0.717, 1.165) is 17.4 Å². The van der Waals surface area contributed by atoms with Gasteiger partial charge in [-0.15, -0.1) is 0 Å². The quantitative estimate of drug-likeness (QED) is 0.418. The number of likely N-dealkylation sites (tertiary alicyclic amines) is 1. The van der Waals surface area contributed by atoms with Crippen LogP contribution in [0, 0.1) is 11.2 Å². The van der Waals surface area contributed by atoms with E-state index in [0.29, 0.717) is 57.6 Å². The molecule has 0 bridgehead atoms. The second-order valence-electron chi connectivity index (χ2n) is 12.4. The minimum absolute atomic E-state index is 0.0508. The first-order chi connectivity index (χ1) is 19.0. The highest BCUT2D eigenvalue weighted by Gasteiger charge is 2.57. The summed E-state index contributed by atoms with van der Waals surface area (Å²) in [6, 6.07) is 9.93. The normalized spacial score (nSPS) is 26.2. The van der Waals surface area contributed by atoms with Gasteiger partial charge in [-0.05, 0) is 79.8 Å². The summed E-state index contributed by atoms with van der Waals surface area (Å²) in [5.41, 5.74) is -3.08. The highest BCUT2D eigenvalue weighted by atomic mass is 32.2. The van der Waals surface area contributed by atoms with Crippen molar-refractivity contribution in [2.75, 3.05) is 25.9 Å². The Morgan fingerprint density at radius 2 is 1.63 bits per heavy atom. The molecule has 2 saturated heterocycles. The molecule has 2 aliphatic heterocycles. The zero-order valence-corrected chi connectivity index (χ0v) is 24.2. The molecule has 1 aliphatic carbocycles. The van der Waals surface area contributed by atoms with Crippen LogP contribution in [0.5, 0.6) is 0 Å². The fourth-order valence-corrected chi connectivity index (χ4v) is 7.95. The van der Waals surface area contributed by atoms with Gasteiger partial charge in [0.25, 0.3) is 0 Å². The van der Waals surface area contributed by atoms with Crippen LogP contribution in [-0.2, 0) is 38.7 Å². The molecule has 1 amide bonds. The molecule has 2 aromatic rings. The van der Waals surface area contributed by atoms with E-state index in [-0.39, 0.29) is 30.9 Å². The lowest BCUT2D eigenvalue weighted by atomic mass is 9.63. The van der Waals surface area contributed by atoms with Crippen LogP contribution in [-0.4, -0.2) is 61.6 Å². The largest absolute Gasteiger partial charge is 0.426 e. The maximum absolute atomic E-state index is 14.9. The summed E-state index contributed by atoms with van der Waals surface area (Å²) in [4.78, 5) is 16.0. The molecule has 2 fully saturated rings. The van der Waals surface area contributed by atoms with Crippen LogP contribution in [0.2, 0.25) is 0 Å². The molecule has 0 N–H and O–H groups in total. The smallest absolute Gasteiger partial charge is 0.338 e. The first-order valence-electron chi connectivity index (χ1n) is 13.9. The molecule has 0 saturated carbocycles. The van der Waals surface area contributed by atoms with Gasteiger partial charge in [-0.2, -0.15) is 13.2 Å². The number of halogens is 5. The molecule has 41 heavy (non-hydrogen) atoms. The lowest BCUT2D eigenvalue weighted by molar-refractivity contribution is -0.228. The number of benzene rings is 2. The van der Waals surface area contributed by atoms with Gasteiger partial charge in [-0.3, -0.25) is 4.79 Å². The van der Waals surface area contributed by atoms with Gasteiger partial charge in [0.15, 0.2) is 0 Å². The second-order valence-corrected chi connectivity index (χ2v) is 14.3. The average Bonchev–Trinajstić information content (AvgIpc) is 3.27. The van der Waals surface area contributed by atoms with E-state index in [1.54, 1.807) is 18.2 Å². The van der Waals surface area contributed by atoms with Crippen molar-refractivity contribution in [2.24, 2.45) is 5.41 Å². The first kappa shape index (κ1) is 29.9. The van der Waals surface area contributed by atoms with Gasteiger partial charge in [-0.1, -0.05) is 37.3 Å². The number of sulfonamides is 1. The number of piperidine rings is 1. The Kier molecular flexibility index (Phi) is 7.33.